The smallest absolute Gasteiger partial charge is 0.338 e. The number of urea groups is 1. The molecule has 0 bridgehead atoms. The standard InChI is InChI=1S/C19H29N3O5S/c1-3-5-6-11-20-19(24)21-12-14-22(15-13-21)28(25,26)17-9-7-16(8-10-17)18(23)27-4-2/h7-10H,3-6,11-15H2,1-2H3,(H,20,24). The second kappa shape index (κ2) is 10.4. The summed E-state index contributed by atoms with van der Waals surface area (Å²) in [5.41, 5.74) is 0.311. The Morgan fingerprint density at radius 2 is 1.68 bits per heavy atom. The first-order valence-corrected chi connectivity index (χ1v) is 11.1. The van der Waals surface area contributed by atoms with Crippen molar-refractivity contribution >= 4 is 22.0 Å². The van der Waals surface area contributed by atoms with Gasteiger partial charge in [0.2, 0.25) is 10.0 Å². The first kappa shape index (κ1) is 22.2. The van der Waals surface area contributed by atoms with Crippen molar-refractivity contribution in [2.24, 2.45) is 0 Å². The van der Waals surface area contributed by atoms with Crippen LogP contribution in [0.2, 0.25) is 0 Å². The summed E-state index contributed by atoms with van der Waals surface area (Å²) in [7, 11) is -3.67. The molecule has 1 aromatic rings. The van der Waals surface area contributed by atoms with Crippen molar-refractivity contribution in [2.45, 2.75) is 38.0 Å². The summed E-state index contributed by atoms with van der Waals surface area (Å²) in [4.78, 5) is 25.6. The molecule has 0 aliphatic carbocycles. The van der Waals surface area contributed by atoms with Crippen molar-refractivity contribution in [3.8, 4) is 0 Å². The first-order valence-electron chi connectivity index (χ1n) is 9.70. The molecule has 9 heteroatoms. The lowest BCUT2D eigenvalue weighted by molar-refractivity contribution is 0.0526. The maximum Gasteiger partial charge on any atom is 0.338 e. The summed E-state index contributed by atoms with van der Waals surface area (Å²) in [5, 5.41) is 2.87. The molecular formula is C19H29N3O5S. The maximum atomic E-state index is 12.8. The fraction of sp³-hybridized carbons (Fsp3) is 0.579. The molecule has 28 heavy (non-hydrogen) atoms. The van der Waals surface area contributed by atoms with Gasteiger partial charge in [0.15, 0.2) is 0 Å². The maximum absolute atomic E-state index is 12.8. The lowest BCUT2D eigenvalue weighted by atomic mass is 10.2. The number of amides is 2. The van der Waals surface area contributed by atoms with E-state index < -0.39 is 16.0 Å². The minimum Gasteiger partial charge on any atom is -0.462 e. The fourth-order valence-electron chi connectivity index (χ4n) is 2.94. The lowest BCUT2D eigenvalue weighted by Gasteiger charge is -2.34. The molecule has 0 unspecified atom stereocenters. The predicted molar refractivity (Wildman–Crippen MR) is 106 cm³/mol. The average Bonchev–Trinajstić information content (AvgIpc) is 2.71. The number of nitrogens with zero attached hydrogens (tertiary/aromatic N) is 2. The molecule has 1 heterocycles. The molecule has 0 spiro atoms. The Balaban J connectivity index is 1.92. The third-order valence-electron chi connectivity index (χ3n) is 4.59. The van der Waals surface area contributed by atoms with Crippen LogP contribution in [0.5, 0.6) is 0 Å². The summed E-state index contributed by atoms with van der Waals surface area (Å²) in [6.45, 7) is 5.88. The number of esters is 1. The number of rotatable bonds is 8. The molecule has 1 N–H and O–H groups in total. The van der Waals surface area contributed by atoms with Crippen LogP contribution in [0, 0.1) is 0 Å². The van der Waals surface area contributed by atoms with Crippen molar-refractivity contribution in [3.05, 3.63) is 29.8 Å². The topological polar surface area (TPSA) is 96.0 Å². The summed E-state index contributed by atoms with van der Waals surface area (Å²) in [6, 6.07) is 5.57. The number of benzene rings is 1. The van der Waals surface area contributed by atoms with Gasteiger partial charge in [0, 0.05) is 32.7 Å². The van der Waals surface area contributed by atoms with E-state index in [1.807, 2.05) is 0 Å². The molecule has 0 aromatic heterocycles. The third-order valence-corrected chi connectivity index (χ3v) is 6.50. The fourth-order valence-corrected chi connectivity index (χ4v) is 4.36. The largest absolute Gasteiger partial charge is 0.462 e. The Morgan fingerprint density at radius 3 is 2.25 bits per heavy atom. The van der Waals surface area contributed by atoms with Crippen LogP contribution in [0.1, 0.15) is 43.5 Å². The lowest BCUT2D eigenvalue weighted by Crippen LogP contribution is -2.53. The van der Waals surface area contributed by atoms with Crippen LogP contribution in [0.3, 0.4) is 0 Å². The van der Waals surface area contributed by atoms with Gasteiger partial charge in [-0.3, -0.25) is 0 Å². The Bertz CT molecular complexity index is 756. The Hall–Kier alpha value is -2.13. The van der Waals surface area contributed by atoms with E-state index in [0.29, 0.717) is 25.2 Å². The zero-order valence-corrected chi connectivity index (χ0v) is 17.3. The number of carbonyl (C=O) groups is 2. The molecule has 1 aliphatic heterocycles. The van der Waals surface area contributed by atoms with Crippen molar-refractivity contribution in [1.82, 2.24) is 14.5 Å². The van der Waals surface area contributed by atoms with Gasteiger partial charge in [0.1, 0.15) is 0 Å². The Kier molecular flexibility index (Phi) is 8.25. The van der Waals surface area contributed by atoms with E-state index in [1.54, 1.807) is 11.8 Å². The summed E-state index contributed by atoms with van der Waals surface area (Å²) in [6.07, 6.45) is 3.10. The number of hydrogen-bond acceptors (Lipinski definition) is 5. The number of unbranched alkanes of at least 4 members (excludes halogenated alkanes) is 2. The van der Waals surface area contributed by atoms with Crippen LogP contribution < -0.4 is 5.32 Å². The molecule has 8 nitrogen and oxygen atoms in total. The van der Waals surface area contributed by atoms with E-state index in [0.717, 1.165) is 19.3 Å². The Morgan fingerprint density at radius 1 is 1.04 bits per heavy atom. The van der Waals surface area contributed by atoms with Crippen molar-refractivity contribution < 1.29 is 22.7 Å². The van der Waals surface area contributed by atoms with Gasteiger partial charge in [-0.05, 0) is 37.6 Å². The molecular weight excluding hydrogens is 382 g/mol. The second-order valence-corrected chi connectivity index (χ2v) is 8.51. The molecule has 0 saturated carbocycles. The van der Waals surface area contributed by atoms with Crippen LogP contribution >= 0.6 is 0 Å². The van der Waals surface area contributed by atoms with Crippen molar-refractivity contribution in [2.75, 3.05) is 39.3 Å². The highest BCUT2D eigenvalue weighted by Crippen LogP contribution is 2.18. The highest BCUT2D eigenvalue weighted by Gasteiger charge is 2.30. The zero-order valence-electron chi connectivity index (χ0n) is 16.5. The minimum absolute atomic E-state index is 0.123. The van der Waals surface area contributed by atoms with E-state index in [4.69, 9.17) is 4.74 Å². The van der Waals surface area contributed by atoms with Crippen LogP contribution in [0.4, 0.5) is 4.79 Å². The molecule has 0 atom stereocenters. The van der Waals surface area contributed by atoms with Gasteiger partial charge in [-0.25, -0.2) is 18.0 Å². The van der Waals surface area contributed by atoms with Crippen molar-refractivity contribution in [1.29, 1.82) is 0 Å². The second-order valence-electron chi connectivity index (χ2n) is 6.58. The summed E-state index contributed by atoms with van der Waals surface area (Å²) in [5.74, 6) is -0.481. The molecule has 0 radical (unpaired) electrons. The highest BCUT2D eigenvalue weighted by molar-refractivity contribution is 7.89. The minimum atomic E-state index is -3.67. The van der Waals surface area contributed by atoms with Crippen LogP contribution in [0.15, 0.2) is 29.2 Å². The Labute approximate surface area is 166 Å². The molecule has 2 rings (SSSR count). The summed E-state index contributed by atoms with van der Waals surface area (Å²) < 4.78 is 31.9. The van der Waals surface area contributed by atoms with Crippen LogP contribution in [-0.2, 0) is 14.8 Å². The number of ether oxygens (including phenoxy) is 1. The number of piperazine rings is 1. The first-order chi connectivity index (χ1) is 13.4. The van der Waals surface area contributed by atoms with Crippen molar-refractivity contribution in [3.63, 3.8) is 0 Å². The predicted octanol–water partition coefficient (Wildman–Crippen LogP) is 2.07. The normalized spacial score (nSPS) is 15.3. The molecule has 156 valence electrons. The van der Waals surface area contributed by atoms with E-state index in [9.17, 15) is 18.0 Å². The van der Waals surface area contributed by atoms with Gasteiger partial charge in [-0.15, -0.1) is 0 Å². The molecule has 2 amide bonds. The van der Waals surface area contributed by atoms with Gasteiger partial charge in [-0.1, -0.05) is 19.8 Å². The molecule has 1 aromatic carbocycles. The number of sulfonamides is 1. The average molecular weight is 412 g/mol. The van der Waals surface area contributed by atoms with Gasteiger partial charge < -0.3 is 15.0 Å². The molecule has 1 aliphatic rings. The third kappa shape index (κ3) is 5.68. The highest BCUT2D eigenvalue weighted by atomic mass is 32.2. The van der Waals surface area contributed by atoms with E-state index in [-0.39, 0.29) is 30.6 Å². The zero-order chi connectivity index (χ0) is 20.6. The van der Waals surface area contributed by atoms with Crippen LogP contribution in [0.25, 0.3) is 0 Å². The van der Waals surface area contributed by atoms with Gasteiger partial charge in [-0.2, -0.15) is 4.31 Å². The quantitative estimate of drug-likeness (QED) is 0.522. The van der Waals surface area contributed by atoms with E-state index in [2.05, 4.69) is 12.2 Å². The molecule has 1 fully saturated rings. The van der Waals surface area contributed by atoms with E-state index in [1.165, 1.54) is 28.6 Å². The number of nitrogens with one attached hydrogen (secondary N) is 1. The summed E-state index contributed by atoms with van der Waals surface area (Å²) >= 11 is 0. The SMILES string of the molecule is CCCCCNC(=O)N1CCN(S(=O)(=O)c2ccc(C(=O)OCC)cc2)CC1. The number of carbonyl (C=O) groups excluding carboxylic acids is 2. The molecule has 1 saturated heterocycles. The van der Waals surface area contributed by atoms with E-state index >= 15 is 0 Å². The monoisotopic (exact) mass is 411 g/mol. The van der Waals surface area contributed by atoms with Gasteiger partial charge in [0.25, 0.3) is 0 Å². The van der Waals surface area contributed by atoms with Crippen LogP contribution in [-0.4, -0.2) is 69.0 Å². The van der Waals surface area contributed by atoms with Gasteiger partial charge in [0.05, 0.1) is 17.1 Å². The number of hydrogen-bond donors (Lipinski definition) is 1. The van der Waals surface area contributed by atoms with Gasteiger partial charge >= 0.3 is 12.0 Å².